The van der Waals surface area contributed by atoms with Gasteiger partial charge in [0.1, 0.15) is 5.75 Å². The number of H-pyrrole nitrogens is 1. The first-order valence-corrected chi connectivity index (χ1v) is 9.33. The summed E-state index contributed by atoms with van der Waals surface area (Å²) in [5, 5.41) is 1.24. The molecule has 0 saturated heterocycles. The van der Waals surface area contributed by atoms with E-state index in [4.69, 9.17) is 4.74 Å². The molecule has 27 heavy (non-hydrogen) atoms. The van der Waals surface area contributed by atoms with Gasteiger partial charge in [-0.15, -0.1) is 0 Å². The van der Waals surface area contributed by atoms with Gasteiger partial charge in [0.2, 0.25) is 0 Å². The van der Waals surface area contributed by atoms with Crippen LogP contribution in [-0.2, 0) is 5.41 Å². The third-order valence-corrected chi connectivity index (χ3v) is 5.12. The molecule has 1 aromatic heterocycles. The lowest BCUT2D eigenvalue weighted by atomic mass is 9.86. The summed E-state index contributed by atoms with van der Waals surface area (Å²) < 4.78 is 5.31. The SMILES string of the molecule is COc1ccc(-c2[nH]c3ccccc3c2-c2ccc(C(C)(C)C)cc2)cc1. The maximum atomic E-state index is 5.31. The van der Waals surface area contributed by atoms with E-state index >= 15 is 0 Å². The molecule has 0 saturated carbocycles. The second kappa shape index (κ2) is 6.62. The molecular weight excluding hydrogens is 330 g/mol. The van der Waals surface area contributed by atoms with Crippen LogP contribution in [0.5, 0.6) is 5.75 Å². The van der Waals surface area contributed by atoms with Crippen LogP contribution in [0.3, 0.4) is 0 Å². The van der Waals surface area contributed by atoms with E-state index in [2.05, 4.69) is 86.4 Å². The number of hydrogen-bond donors (Lipinski definition) is 1. The van der Waals surface area contributed by atoms with Crippen molar-refractivity contribution >= 4 is 10.9 Å². The molecule has 4 rings (SSSR count). The number of methoxy groups -OCH3 is 1. The molecule has 0 aliphatic carbocycles. The van der Waals surface area contributed by atoms with Gasteiger partial charge in [0.15, 0.2) is 0 Å². The van der Waals surface area contributed by atoms with Gasteiger partial charge >= 0.3 is 0 Å². The normalized spacial score (nSPS) is 11.7. The first kappa shape index (κ1) is 17.4. The summed E-state index contributed by atoms with van der Waals surface area (Å²) >= 11 is 0. The van der Waals surface area contributed by atoms with Crippen molar-refractivity contribution in [3.8, 4) is 28.1 Å². The first-order chi connectivity index (χ1) is 13.0. The van der Waals surface area contributed by atoms with E-state index in [1.165, 1.54) is 22.1 Å². The van der Waals surface area contributed by atoms with Crippen LogP contribution < -0.4 is 4.74 Å². The zero-order valence-electron chi connectivity index (χ0n) is 16.3. The van der Waals surface area contributed by atoms with Crippen LogP contribution >= 0.6 is 0 Å². The Morgan fingerprint density at radius 3 is 2.00 bits per heavy atom. The largest absolute Gasteiger partial charge is 0.497 e. The molecule has 0 radical (unpaired) electrons. The van der Waals surface area contributed by atoms with Gasteiger partial charge in [-0.25, -0.2) is 0 Å². The van der Waals surface area contributed by atoms with Crippen LogP contribution in [0.25, 0.3) is 33.3 Å². The Kier molecular flexibility index (Phi) is 4.27. The van der Waals surface area contributed by atoms with Gasteiger partial charge in [0, 0.05) is 16.5 Å². The first-order valence-electron chi connectivity index (χ1n) is 9.33. The highest BCUT2D eigenvalue weighted by molar-refractivity contribution is 6.03. The molecule has 0 bridgehead atoms. The van der Waals surface area contributed by atoms with E-state index < -0.39 is 0 Å². The van der Waals surface area contributed by atoms with Crippen molar-refractivity contribution in [3.63, 3.8) is 0 Å². The Labute approximate surface area is 160 Å². The van der Waals surface area contributed by atoms with Gasteiger partial charge in [0.25, 0.3) is 0 Å². The predicted molar refractivity (Wildman–Crippen MR) is 114 cm³/mol. The fourth-order valence-electron chi connectivity index (χ4n) is 3.55. The highest BCUT2D eigenvalue weighted by Gasteiger charge is 2.17. The zero-order valence-corrected chi connectivity index (χ0v) is 16.3. The minimum absolute atomic E-state index is 0.150. The lowest BCUT2D eigenvalue weighted by molar-refractivity contribution is 0.415. The third kappa shape index (κ3) is 3.23. The van der Waals surface area contributed by atoms with Gasteiger partial charge in [-0.1, -0.05) is 63.2 Å². The van der Waals surface area contributed by atoms with Crippen LogP contribution in [0.4, 0.5) is 0 Å². The topological polar surface area (TPSA) is 25.0 Å². The maximum absolute atomic E-state index is 5.31. The van der Waals surface area contributed by atoms with Crippen LogP contribution in [-0.4, -0.2) is 12.1 Å². The van der Waals surface area contributed by atoms with Crippen molar-refractivity contribution in [2.75, 3.05) is 7.11 Å². The van der Waals surface area contributed by atoms with Crippen molar-refractivity contribution in [1.29, 1.82) is 0 Å². The van der Waals surface area contributed by atoms with Crippen molar-refractivity contribution < 1.29 is 4.74 Å². The summed E-state index contributed by atoms with van der Waals surface area (Å²) in [6.45, 7) is 6.74. The Morgan fingerprint density at radius 1 is 0.741 bits per heavy atom. The average molecular weight is 355 g/mol. The van der Waals surface area contributed by atoms with Crippen molar-refractivity contribution in [2.45, 2.75) is 26.2 Å². The zero-order chi connectivity index (χ0) is 19.0. The molecule has 0 spiro atoms. The van der Waals surface area contributed by atoms with Crippen LogP contribution in [0.1, 0.15) is 26.3 Å². The molecule has 0 aliphatic rings. The highest BCUT2D eigenvalue weighted by atomic mass is 16.5. The van der Waals surface area contributed by atoms with Gasteiger partial charge in [-0.05, 0) is 52.4 Å². The number of ether oxygens (including phenoxy) is 1. The molecule has 0 unspecified atom stereocenters. The monoisotopic (exact) mass is 355 g/mol. The Bertz CT molecular complexity index is 1060. The summed E-state index contributed by atoms with van der Waals surface area (Å²) in [4.78, 5) is 3.62. The number of para-hydroxylation sites is 1. The molecule has 0 fully saturated rings. The minimum atomic E-state index is 0.150. The van der Waals surface area contributed by atoms with Gasteiger partial charge in [-0.3, -0.25) is 0 Å². The standard InChI is InChI=1S/C25H25NO/c1-25(2,3)19-13-9-17(10-14-19)23-21-7-5-6-8-22(21)26-24(23)18-11-15-20(27-4)16-12-18/h5-16,26H,1-4H3. The number of nitrogens with one attached hydrogen (secondary N) is 1. The van der Waals surface area contributed by atoms with Crippen LogP contribution in [0, 0.1) is 0 Å². The number of aromatic nitrogens is 1. The van der Waals surface area contributed by atoms with E-state index in [1.54, 1.807) is 7.11 Å². The average Bonchev–Trinajstić information content (AvgIpc) is 3.07. The summed E-state index contributed by atoms with van der Waals surface area (Å²) in [7, 11) is 1.69. The number of fused-ring (bicyclic) bond motifs is 1. The van der Waals surface area contributed by atoms with Crippen molar-refractivity contribution in [2.24, 2.45) is 0 Å². The Morgan fingerprint density at radius 2 is 1.37 bits per heavy atom. The molecular formula is C25H25NO. The second-order valence-electron chi connectivity index (χ2n) is 7.98. The predicted octanol–water partition coefficient (Wildman–Crippen LogP) is 6.81. The van der Waals surface area contributed by atoms with E-state index in [-0.39, 0.29) is 5.41 Å². The molecule has 0 atom stereocenters. The second-order valence-corrected chi connectivity index (χ2v) is 7.98. The third-order valence-electron chi connectivity index (χ3n) is 5.12. The lowest BCUT2D eigenvalue weighted by Gasteiger charge is -2.19. The van der Waals surface area contributed by atoms with Gasteiger partial charge in [0.05, 0.1) is 12.8 Å². The van der Waals surface area contributed by atoms with E-state index in [1.807, 2.05) is 12.1 Å². The molecule has 2 nitrogen and oxygen atoms in total. The number of hydrogen-bond acceptors (Lipinski definition) is 1. The summed E-state index contributed by atoms with van der Waals surface area (Å²) in [5.41, 5.74) is 7.42. The molecule has 1 heterocycles. The molecule has 136 valence electrons. The van der Waals surface area contributed by atoms with Gasteiger partial charge < -0.3 is 9.72 Å². The molecule has 2 heteroatoms. The van der Waals surface area contributed by atoms with E-state index in [0.717, 1.165) is 22.5 Å². The quantitative estimate of drug-likeness (QED) is 0.429. The van der Waals surface area contributed by atoms with Crippen molar-refractivity contribution in [3.05, 3.63) is 78.4 Å². The summed E-state index contributed by atoms with van der Waals surface area (Å²) in [6.07, 6.45) is 0. The van der Waals surface area contributed by atoms with E-state index in [9.17, 15) is 0 Å². The number of rotatable bonds is 3. The van der Waals surface area contributed by atoms with Crippen LogP contribution in [0.2, 0.25) is 0 Å². The van der Waals surface area contributed by atoms with Crippen molar-refractivity contribution in [1.82, 2.24) is 4.98 Å². The van der Waals surface area contributed by atoms with Crippen LogP contribution in [0.15, 0.2) is 72.8 Å². The highest BCUT2D eigenvalue weighted by Crippen LogP contribution is 2.39. The number of benzene rings is 3. The molecule has 4 aromatic rings. The molecule has 0 amide bonds. The Hall–Kier alpha value is -3.00. The summed E-state index contributed by atoms with van der Waals surface area (Å²) in [6, 6.07) is 25.7. The lowest BCUT2D eigenvalue weighted by Crippen LogP contribution is -2.10. The molecule has 1 N–H and O–H groups in total. The maximum Gasteiger partial charge on any atom is 0.118 e. The van der Waals surface area contributed by atoms with Gasteiger partial charge in [-0.2, -0.15) is 0 Å². The fraction of sp³-hybridized carbons (Fsp3) is 0.200. The fourth-order valence-corrected chi connectivity index (χ4v) is 3.55. The minimum Gasteiger partial charge on any atom is -0.497 e. The molecule has 3 aromatic carbocycles. The van der Waals surface area contributed by atoms with E-state index in [0.29, 0.717) is 0 Å². The smallest absolute Gasteiger partial charge is 0.118 e. The summed E-state index contributed by atoms with van der Waals surface area (Å²) in [5.74, 6) is 0.867. The number of aromatic amines is 1. The molecule has 0 aliphatic heterocycles. The Balaban J connectivity index is 1.90.